The molecule has 1 aromatic heterocycles. The molecule has 2 aromatic rings. The van der Waals surface area contributed by atoms with Gasteiger partial charge in [-0.25, -0.2) is 0 Å². The Morgan fingerprint density at radius 2 is 2.06 bits per heavy atom. The molecule has 0 spiro atoms. The molecule has 1 atom stereocenters. The van der Waals surface area contributed by atoms with Crippen LogP contribution in [-0.4, -0.2) is 12.5 Å². The normalized spacial score (nSPS) is 11.8. The van der Waals surface area contributed by atoms with Crippen LogP contribution < -0.4 is 10.6 Å². The molecule has 18 heavy (non-hydrogen) atoms. The first-order valence-corrected chi connectivity index (χ1v) is 6.80. The Kier molecular flexibility index (Phi) is 4.36. The van der Waals surface area contributed by atoms with Crippen LogP contribution in [0.3, 0.4) is 0 Å². The molecule has 2 rings (SSSR count). The third kappa shape index (κ3) is 3.60. The molecule has 2 N–H and O–H groups in total. The highest BCUT2D eigenvalue weighted by Gasteiger charge is 2.09. The summed E-state index contributed by atoms with van der Waals surface area (Å²) in [7, 11) is 0. The second-order valence-electron chi connectivity index (χ2n) is 4.07. The third-order valence-electron chi connectivity index (χ3n) is 2.65. The lowest BCUT2D eigenvalue weighted by Crippen LogP contribution is -2.31. The molecule has 0 fully saturated rings. The Morgan fingerprint density at radius 1 is 1.28 bits per heavy atom. The molecule has 0 radical (unpaired) electrons. The summed E-state index contributed by atoms with van der Waals surface area (Å²) >= 11 is 1.64. The molecule has 0 aliphatic carbocycles. The van der Waals surface area contributed by atoms with Crippen LogP contribution in [0.1, 0.15) is 18.5 Å². The molecule has 4 heteroatoms. The van der Waals surface area contributed by atoms with E-state index in [0.29, 0.717) is 6.54 Å². The molecule has 0 aliphatic heterocycles. The van der Waals surface area contributed by atoms with Crippen molar-refractivity contribution < 1.29 is 4.79 Å². The first-order valence-electron chi connectivity index (χ1n) is 5.86. The zero-order valence-electron chi connectivity index (χ0n) is 10.2. The van der Waals surface area contributed by atoms with Crippen LogP contribution in [-0.2, 0) is 4.79 Å². The van der Waals surface area contributed by atoms with Crippen LogP contribution in [0.4, 0.5) is 5.69 Å². The van der Waals surface area contributed by atoms with Gasteiger partial charge >= 0.3 is 0 Å². The van der Waals surface area contributed by atoms with Crippen LogP contribution in [0.15, 0.2) is 47.2 Å². The van der Waals surface area contributed by atoms with Gasteiger partial charge < -0.3 is 10.6 Å². The van der Waals surface area contributed by atoms with Crippen LogP contribution in [0.2, 0.25) is 0 Å². The number of amides is 1. The number of anilines is 1. The maximum Gasteiger partial charge on any atom is 0.239 e. The van der Waals surface area contributed by atoms with Gasteiger partial charge in [0.15, 0.2) is 0 Å². The quantitative estimate of drug-likeness (QED) is 0.867. The predicted molar refractivity (Wildman–Crippen MR) is 75.8 cm³/mol. The average Bonchev–Trinajstić information content (AvgIpc) is 2.91. The van der Waals surface area contributed by atoms with E-state index in [2.05, 4.69) is 16.0 Å². The number of nitrogens with one attached hydrogen (secondary N) is 2. The number of thiophene rings is 1. The molecular formula is C14H16N2OS. The smallest absolute Gasteiger partial charge is 0.239 e. The Balaban J connectivity index is 1.79. The lowest BCUT2D eigenvalue weighted by Gasteiger charge is -2.13. The topological polar surface area (TPSA) is 41.1 Å². The van der Waals surface area contributed by atoms with Gasteiger partial charge in [0, 0.05) is 5.69 Å². The van der Waals surface area contributed by atoms with Gasteiger partial charge in [-0.3, -0.25) is 4.79 Å². The first-order chi connectivity index (χ1) is 8.75. The van der Waals surface area contributed by atoms with Crippen LogP contribution in [0.25, 0.3) is 0 Å². The van der Waals surface area contributed by atoms with Crippen molar-refractivity contribution in [1.29, 1.82) is 0 Å². The highest BCUT2D eigenvalue weighted by Crippen LogP contribution is 2.15. The van der Waals surface area contributed by atoms with E-state index in [4.69, 9.17) is 0 Å². The second-order valence-corrected chi connectivity index (χ2v) is 4.85. The number of benzene rings is 1. The van der Waals surface area contributed by atoms with E-state index in [1.54, 1.807) is 11.3 Å². The van der Waals surface area contributed by atoms with Gasteiger partial charge in [-0.1, -0.05) is 18.2 Å². The summed E-state index contributed by atoms with van der Waals surface area (Å²) in [6, 6.07) is 11.8. The molecule has 0 bridgehead atoms. The van der Waals surface area contributed by atoms with Gasteiger partial charge in [0.1, 0.15) is 0 Å². The van der Waals surface area contributed by atoms with E-state index in [-0.39, 0.29) is 11.9 Å². The average molecular weight is 260 g/mol. The van der Waals surface area contributed by atoms with Crippen molar-refractivity contribution in [2.24, 2.45) is 0 Å². The number of carbonyl (C=O) groups is 1. The molecule has 1 heterocycles. The van der Waals surface area contributed by atoms with Gasteiger partial charge in [-0.05, 0) is 41.4 Å². The van der Waals surface area contributed by atoms with Crippen molar-refractivity contribution in [3.8, 4) is 0 Å². The summed E-state index contributed by atoms with van der Waals surface area (Å²) in [4.78, 5) is 11.8. The molecular weight excluding hydrogens is 244 g/mol. The third-order valence-corrected chi connectivity index (χ3v) is 3.35. The largest absolute Gasteiger partial charge is 0.376 e. The minimum Gasteiger partial charge on any atom is -0.376 e. The maximum absolute atomic E-state index is 11.8. The van der Waals surface area contributed by atoms with Crippen LogP contribution in [0, 0.1) is 0 Å². The highest BCUT2D eigenvalue weighted by molar-refractivity contribution is 7.07. The standard InChI is InChI=1S/C14H16N2OS/c1-11(12-7-8-18-10-12)16-14(17)9-15-13-5-3-2-4-6-13/h2-8,10-11,15H,9H2,1H3,(H,16,17). The van der Waals surface area contributed by atoms with E-state index in [9.17, 15) is 4.79 Å². The summed E-state index contributed by atoms with van der Waals surface area (Å²) < 4.78 is 0. The molecule has 1 amide bonds. The van der Waals surface area contributed by atoms with E-state index in [1.807, 2.05) is 48.7 Å². The van der Waals surface area contributed by atoms with Crippen molar-refractivity contribution in [3.63, 3.8) is 0 Å². The van der Waals surface area contributed by atoms with Gasteiger partial charge in [0.2, 0.25) is 5.91 Å². The van der Waals surface area contributed by atoms with Crippen molar-refractivity contribution >= 4 is 22.9 Å². The van der Waals surface area contributed by atoms with Crippen LogP contribution >= 0.6 is 11.3 Å². The SMILES string of the molecule is CC(NC(=O)CNc1ccccc1)c1ccsc1. The molecule has 0 aliphatic rings. The number of para-hydroxylation sites is 1. The Hall–Kier alpha value is -1.81. The summed E-state index contributed by atoms with van der Waals surface area (Å²) in [5.41, 5.74) is 2.10. The molecule has 0 saturated carbocycles. The van der Waals surface area contributed by atoms with E-state index in [1.165, 1.54) is 0 Å². The highest BCUT2D eigenvalue weighted by atomic mass is 32.1. The van der Waals surface area contributed by atoms with Gasteiger partial charge in [0.25, 0.3) is 0 Å². The number of hydrogen-bond acceptors (Lipinski definition) is 3. The zero-order valence-corrected chi connectivity index (χ0v) is 11.0. The molecule has 3 nitrogen and oxygen atoms in total. The summed E-state index contributed by atoms with van der Waals surface area (Å²) in [6.07, 6.45) is 0. The van der Waals surface area contributed by atoms with Gasteiger partial charge in [-0.2, -0.15) is 11.3 Å². The number of carbonyl (C=O) groups excluding carboxylic acids is 1. The molecule has 1 aromatic carbocycles. The van der Waals surface area contributed by atoms with E-state index >= 15 is 0 Å². The maximum atomic E-state index is 11.8. The van der Waals surface area contributed by atoms with E-state index in [0.717, 1.165) is 11.3 Å². The van der Waals surface area contributed by atoms with Crippen LogP contribution in [0.5, 0.6) is 0 Å². The number of hydrogen-bond donors (Lipinski definition) is 2. The van der Waals surface area contributed by atoms with Crippen molar-refractivity contribution in [2.45, 2.75) is 13.0 Å². The Bertz CT molecular complexity index is 482. The zero-order chi connectivity index (χ0) is 12.8. The van der Waals surface area contributed by atoms with Crippen molar-refractivity contribution in [3.05, 3.63) is 52.7 Å². The molecule has 1 unspecified atom stereocenters. The molecule has 0 saturated heterocycles. The monoisotopic (exact) mass is 260 g/mol. The number of rotatable bonds is 5. The molecule has 94 valence electrons. The van der Waals surface area contributed by atoms with Gasteiger partial charge in [0.05, 0.1) is 12.6 Å². The fourth-order valence-electron chi connectivity index (χ4n) is 1.64. The lowest BCUT2D eigenvalue weighted by atomic mass is 10.2. The minimum atomic E-state index is -0.00227. The fourth-order valence-corrected chi connectivity index (χ4v) is 2.39. The summed E-state index contributed by atoms with van der Waals surface area (Å²) in [5, 5.41) is 10.1. The Labute approximate surface area is 111 Å². The predicted octanol–water partition coefficient (Wildman–Crippen LogP) is 3.04. The minimum absolute atomic E-state index is 0.00227. The van der Waals surface area contributed by atoms with E-state index < -0.39 is 0 Å². The van der Waals surface area contributed by atoms with Gasteiger partial charge in [-0.15, -0.1) is 0 Å². The fraction of sp³-hybridized carbons (Fsp3) is 0.214. The Morgan fingerprint density at radius 3 is 2.72 bits per heavy atom. The lowest BCUT2D eigenvalue weighted by molar-refractivity contribution is -0.120. The first kappa shape index (κ1) is 12.6. The summed E-state index contributed by atoms with van der Waals surface area (Å²) in [6.45, 7) is 2.28. The van der Waals surface area contributed by atoms with Crippen molar-refractivity contribution in [1.82, 2.24) is 5.32 Å². The summed E-state index contributed by atoms with van der Waals surface area (Å²) in [5.74, 6) is -0.00227. The second kappa shape index (κ2) is 6.21. The van der Waals surface area contributed by atoms with Crippen molar-refractivity contribution in [2.75, 3.05) is 11.9 Å².